The first kappa shape index (κ1) is 21.0. The van der Waals surface area contributed by atoms with Gasteiger partial charge < -0.3 is 15.2 Å². The van der Waals surface area contributed by atoms with Crippen LogP contribution >= 0.6 is 11.3 Å². The van der Waals surface area contributed by atoms with Crippen molar-refractivity contribution in [2.75, 3.05) is 18.5 Å². The van der Waals surface area contributed by atoms with Crippen LogP contribution in [0, 0.1) is 12.8 Å². The van der Waals surface area contributed by atoms with Crippen molar-refractivity contribution in [1.82, 2.24) is 4.98 Å². The lowest BCUT2D eigenvalue weighted by molar-refractivity contribution is -0.118. The number of hydrogen-bond acceptors (Lipinski definition) is 5. The van der Waals surface area contributed by atoms with Gasteiger partial charge in [-0.3, -0.25) is 4.79 Å². The number of aryl methyl sites for hydroxylation is 1. The van der Waals surface area contributed by atoms with Crippen LogP contribution in [0.3, 0.4) is 0 Å². The molecule has 0 bridgehead atoms. The summed E-state index contributed by atoms with van der Waals surface area (Å²) in [6, 6.07) is 8.27. The molecular formula is C22H30N2O3S. The number of aromatic nitrogens is 1. The molecular weight excluding hydrogens is 372 g/mol. The highest BCUT2D eigenvalue weighted by atomic mass is 32.1. The molecule has 0 aliphatic heterocycles. The fourth-order valence-electron chi connectivity index (χ4n) is 3.88. The smallest absolute Gasteiger partial charge is 0.233 e. The number of rotatable bonds is 9. The summed E-state index contributed by atoms with van der Waals surface area (Å²) >= 11 is 1.36. The van der Waals surface area contributed by atoms with Gasteiger partial charge in [0.2, 0.25) is 5.91 Å². The first-order chi connectivity index (χ1) is 13.6. The topological polar surface area (TPSA) is 71.5 Å². The number of amides is 1. The van der Waals surface area contributed by atoms with Crippen LogP contribution in [-0.2, 0) is 9.53 Å². The predicted molar refractivity (Wildman–Crippen MR) is 113 cm³/mol. The maximum absolute atomic E-state index is 13.1. The van der Waals surface area contributed by atoms with E-state index in [0.29, 0.717) is 17.7 Å². The lowest BCUT2D eigenvalue weighted by Gasteiger charge is -2.20. The quantitative estimate of drug-likeness (QED) is 0.630. The van der Waals surface area contributed by atoms with Crippen molar-refractivity contribution in [3.63, 3.8) is 0 Å². The standard InChI is InChI=1S/C22H30N2O3S/c1-3-27-19(14-25)20-13-23-22(28-20)24-21(26)18(12-16-6-4-5-7-16)17-10-8-15(2)9-11-17/h8-11,13,16,18-19,25H,3-7,12,14H2,1-2H3,(H,23,24,26). The number of anilines is 1. The van der Waals surface area contributed by atoms with Gasteiger partial charge >= 0.3 is 0 Å². The fraction of sp³-hybridized carbons (Fsp3) is 0.545. The third-order valence-electron chi connectivity index (χ3n) is 5.44. The van der Waals surface area contributed by atoms with Gasteiger partial charge in [0.15, 0.2) is 5.13 Å². The van der Waals surface area contributed by atoms with Crippen LogP contribution < -0.4 is 5.32 Å². The van der Waals surface area contributed by atoms with E-state index in [0.717, 1.165) is 16.9 Å². The van der Waals surface area contributed by atoms with Gasteiger partial charge in [-0.2, -0.15) is 0 Å². The molecule has 152 valence electrons. The number of nitrogens with zero attached hydrogens (tertiary/aromatic N) is 1. The van der Waals surface area contributed by atoms with Crippen molar-refractivity contribution in [1.29, 1.82) is 0 Å². The van der Waals surface area contributed by atoms with Crippen molar-refractivity contribution in [2.24, 2.45) is 5.92 Å². The molecule has 2 aromatic rings. The van der Waals surface area contributed by atoms with E-state index in [9.17, 15) is 9.90 Å². The van der Waals surface area contributed by atoms with E-state index in [1.54, 1.807) is 6.20 Å². The third kappa shape index (κ3) is 5.40. The minimum Gasteiger partial charge on any atom is -0.393 e. The molecule has 3 rings (SSSR count). The highest BCUT2D eigenvalue weighted by molar-refractivity contribution is 7.15. The summed E-state index contributed by atoms with van der Waals surface area (Å²) in [4.78, 5) is 18.3. The molecule has 0 spiro atoms. The van der Waals surface area contributed by atoms with Gasteiger partial charge in [0.05, 0.1) is 17.4 Å². The van der Waals surface area contributed by atoms with Crippen LogP contribution in [0.15, 0.2) is 30.5 Å². The molecule has 1 aliphatic carbocycles. The molecule has 1 heterocycles. The molecule has 0 radical (unpaired) electrons. The maximum atomic E-state index is 13.1. The van der Waals surface area contributed by atoms with Crippen LogP contribution in [0.5, 0.6) is 0 Å². The molecule has 0 saturated heterocycles. The summed E-state index contributed by atoms with van der Waals surface area (Å²) in [5, 5.41) is 13.0. The monoisotopic (exact) mass is 402 g/mol. The SMILES string of the molecule is CCOC(CO)c1cnc(NC(=O)C(CC2CCCC2)c2ccc(C)cc2)s1. The average Bonchev–Trinajstić information content (AvgIpc) is 3.37. The van der Waals surface area contributed by atoms with Gasteiger partial charge in [-0.25, -0.2) is 4.98 Å². The summed E-state index contributed by atoms with van der Waals surface area (Å²) in [6.07, 6.45) is 7.12. The number of aliphatic hydroxyl groups is 1. The van der Waals surface area contributed by atoms with E-state index in [1.807, 2.05) is 6.92 Å². The normalized spacial score (nSPS) is 16.8. The zero-order valence-electron chi connectivity index (χ0n) is 16.7. The number of carbonyl (C=O) groups is 1. The molecule has 2 unspecified atom stereocenters. The lowest BCUT2D eigenvalue weighted by Crippen LogP contribution is -2.23. The van der Waals surface area contributed by atoms with Crippen LogP contribution in [-0.4, -0.2) is 29.2 Å². The summed E-state index contributed by atoms with van der Waals surface area (Å²) < 4.78 is 5.52. The van der Waals surface area contributed by atoms with Gasteiger partial charge in [-0.1, -0.05) is 66.8 Å². The fourth-order valence-corrected chi connectivity index (χ4v) is 4.74. The first-order valence-corrected chi connectivity index (χ1v) is 11.0. The van der Waals surface area contributed by atoms with E-state index in [4.69, 9.17) is 4.74 Å². The van der Waals surface area contributed by atoms with E-state index in [1.165, 1.54) is 42.6 Å². The lowest BCUT2D eigenvalue weighted by atomic mass is 9.87. The average molecular weight is 403 g/mol. The van der Waals surface area contributed by atoms with Gasteiger partial charge in [0.25, 0.3) is 0 Å². The Balaban J connectivity index is 1.73. The number of carbonyl (C=O) groups excluding carboxylic acids is 1. The number of nitrogens with one attached hydrogen (secondary N) is 1. The van der Waals surface area contributed by atoms with E-state index >= 15 is 0 Å². The zero-order valence-corrected chi connectivity index (χ0v) is 17.5. The minimum atomic E-state index is -0.389. The third-order valence-corrected chi connectivity index (χ3v) is 6.45. The first-order valence-electron chi connectivity index (χ1n) is 10.2. The van der Waals surface area contributed by atoms with Crippen molar-refractivity contribution in [3.8, 4) is 0 Å². The Hall–Kier alpha value is -1.76. The minimum absolute atomic E-state index is 0.00592. The van der Waals surface area contributed by atoms with Gasteiger partial charge in [0, 0.05) is 12.8 Å². The number of hydrogen-bond donors (Lipinski definition) is 2. The number of aliphatic hydroxyl groups excluding tert-OH is 1. The Morgan fingerprint density at radius 3 is 2.68 bits per heavy atom. The van der Waals surface area contributed by atoms with E-state index in [2.05, 4.69) is 41.5 Å². The molecule has 1 aromatic heterocycles. The molecule has 2 atom stereocenters. The Morgan fingerprint density at radius 1 is 1.32 bits per heavy atom. The molecule has 1 amide bonds. The summed E-state index contributed by atoms with van der Waals surface area (Å²) in [6.45, 7) is 4.36. The Bertz CT molecular complexity index is 753. The van der Waals surface area contributed by atoms with E-state index < -0.39 is 0 Å². The Morgan fingerprint density at radius 2 is 2.04 bits per heavy atom. The molecule has 1 aromatic carbocycles. The second kappa shape index (κ2) is 10.1. The second-order valence-electron chi connectivity index (χ2n) is 7.53. The summed E-state index contributed by atoms with van der Waals surface area (Å²) in [5.74, 6) is 0.436. The number of thiazole rings is 1. The van der Waals surface area contributed by atoms with Crippen molar-refractivity contribution in [3.05, 3.63) is 46.5 Å². The summed E-state index contributed by atoms with van der Waals surface area (Å²) in [7, 11) is 0. The highest BCUT2D eigenvalue weighted by Crippen LogP contribution is 2.35. The van der Waals surface area contributed by atoms with Gasteiger partial charge in [0.1, 0.15) is 6.10 Å². The molecule has 1 aliphatic rings. The van der Waals surface area contributed by atoms with Crippen LogP contribution in [0.2, 0.25) is 0 Å². The highest BCUT2D eigenvalue weighted by Gasteiger charge is 2.27. The van der Waals surface area contributed by atoms with E-state index in [-0.39, 0.29) is 24.5 Å². The molecule has 1 saturated carbocycles. The molecule has 6 heteroatoms. The van der Waals surface area contributed by atoms with Crippen molar-refractivity contribution in [2.45, 2.75) is 58.0 Å². The largest absolute Gasteiger partial charge is 0.393 e. The van der Waals surface area contributed by atoms with Crippen LogP contribution in [0.1, 0.15) is 67.1 Å². The molecule has 28 heavy (non-hydrogen) atoms. The second-order valence-corrected chi connectivity index (χ2v) is 8.60. The number of ether oxygens (including phenoxy) is 1. The van der Waals surface area contributed by atoms with Crippen molar-refractivity contribution >= 4 is 22.4 Å². The Labute approximate surface area is 171 Å². The maximum Gasteiger partial charge on any atom is 0.233 e. The molecule has 5 nitrogen and oxygen atoms in total. The molecule has 2 N–H and O–H groups in total. The zero-order chi connectivity index (χ0) is 19.9. The predicted octanol–water partition coefficient (Wildman–Crippen LogP) is 4.82. The number of benzene rings is 1. The van der Waals surface area contributed by atoms with Gasteiger partial charge in [-0.15, -0.1) is 0 Å². The molecule has 1 fully saturated rings. The van der Waals surface area contributed by atoms with Crippen LogP contribution in [0.25, 0.3) is 0 Å². The Kier molecular flexibility index (Phi) is 7.59. The van der Waals surface area contributed by atoms with Crippen molar-refractivity contribution < 1.29 is 14.6 Å². The van der Waals surface area contributed by atoms with Crippen LogP contribution in [0.4, 0.5) is 5.13 Å². The summed E-state index contributed by atoms with van der Waals surface area (Å²) in [5.41, 5.74) is 2.26. The van der Waals surface area contributed by atoms with Gasteiger partial charge in [-0.05, 0) is 31.7 Å².